The van der Waals surface area contributed by atoms with Crippen molar-refractivity contribution in [3.05, 3.63) is 0 Å². The minimum atomic E-state index is -0.994. The van der Waals surface area contributed by atoms with Crippen LogP contribution in [0.1, 0.15) is 6.42 Å². The average molecular weight is 143 g/mol. The predicted molar refractivity (Wildman–Crippen MR) is 33.6 cm³/mol. The van der Waals surface area contributed by atoms with E-state index in [-0.39, 0.29) is 12.3 Å². The van der Waals surface area contributed by atoms with Gasteiger partial charge in [-0.25, -0.2) is 0 Å². The minimum absolute atomic E-state index is 0.205. The topological polar surface area (TPSA) is 66.4 Å². The van der Waals surface area contributed by atoms with E-state index in [0.717, 1.165) is 0 Å². The second-order valence-corrected chi connectivity index (χ2v) is 2.32. The van der Waals surface area contributed by atoms with Gasteiger partial charge in [-0.1, -0.05) is 0 Å². The van der Waals surface area contributed by atoms with Crippen LogP contribution in [-0.4, -0.2) is 29.9 Å². The van der Waals surface area contributed by atoms with Crippen LogP contribution in [0, 0.1) is 5.92 Å². The molecule has 1 heterocycles. The van der Waals surface area contributed by atoms with E-state index < -0.39 is 11.9 Å². The Kier molecular flexibility index (Phi) is 2.01. The Labute approximate surface area is 58.2 Å². The summed E-state index contributed by atoms with van der Waals surface area (Å²) in [5.74, 6) is -1.97. The normalized spacial score (nSPS) is 26.4. The molecule has 0 spiro atoms. The lowest BCUT2D eigenvalue weighted by atomic mass is 9.97. The Balaban J connectivity index is 2.56. The number of hydrogen-bond donors (Lipinski definition) is 2. The molecule has 0 saturated carbocycles. The van der Waals surface area contributed by atoms with E-state index in [0.29, 0.717) is 13.0 Å². The van der Waals surface area contributed by atoms with Crippen molar-refractivity contribution in [3.63, 3.8) is 0 Å². The molecule has 10 heavy (non-hydrogen) atoms. The molecule has 0 amide bonds. The van der Waals surface area contributed by atoms with Crippen molar-refractivity contribution < 1.29 is 14.7 Å². The van der Waals surface area contributed by atoms with Gasteiger partial charge in [-0.3, -0.25) is 9.59 Å². The molecule has 0 radical (unpaired) electrons. The highest BCUT2D eigenvalue weighted by molar-refractivity contribution is 5.99. The highest BCUT2D eigenvalue weighted by Gasteiger charge is 2.27. The number of aliphatic carboxylic acids is 1. The van der Waals surface area contributed by atoms with Crippen molar-refractivity contribution in [1.29, 1.82) is 0 Å². The van der Waals surface area contributed by atoms with Crippen molar-refractivity contribution in [3.8, 4) is 0 Å². The van der Waals surface area contributed by atoms with Gasteiger partial charge in [-0.05, 0) is 13.0 Å². The molecule has 56 valence electrons. The molecule has 1 rings (SSSR count). The number of carboxylic acids is 1. The lowest BCUT2D eigenvalue weighted by molar-refractivity contribution is -0.147. The van der Waals surface area contributed by atoms with Crippen LogP contribution in [0.4, 0.5) is 0 Å². The number of piperidine rings is 1. The zero-order chi connectivity index (χ0) is 7.56. The van der Waals surface area contributed by atoms with Crippen LogP contribution in [0.15, 0.2) is 0 Å². The van der Waals surface area contributed by atoms with E-state index in [1.807, 2.05) is 0 Å². The first kappa shape index (κ1) is 7.21. The highest BCUT2D eigenvalue weighted by atomic mass is 16.4. The molecule has 1 aliphatic heterocycles. The molecular weight excluding hydrogens is 134 g/mol. The van der Waals surface area contributed by atoms with Crippen LogP contribution in [-0.2, 0) is 9.59 Å². The summed E-state index contributed by atoms with van der Waals surface area (Å²) in [6.07, 6.45) is 0.425. The summed E-state index contributed by atoms with van der Waals surface area (Å²) < 4.78 is 0. The number of nitrogens with one attached hydrogen (secondary N) is 1. The Morgan fingerprint density at radius 1 is 1.70 bits per heavy atom. The molecule has 1 aliphatic rings. The standard InChI is InChI=1S/C6H9NO3/c8-5-3-7-2-1-4(5)6(9)10/h4,7H,1-3H2,(H,9,10). The van der Waals surface area contributed by atoms with Gasteiger partial charge in [0, 0.05) is 0 Å². The summed E-state index contributed by atoms with van der Waals surface area (Å²) in [6, 6.07) is 0. The van der Waals surface area contributed by atoms with Gasteiger partial charge in [-0.2, -0.15) is 0 Å². The summed E-state index contributed by atoms with van der Waals surface area (Å²) in [5.41, 5.74) is 0. The molecule has 1 fully saturated rings. The molecular formula is C6H9NO3. The molecule has 0 aromatic heterocycles. The van der Waals surface area contributed by atoms with Gasteiger partial charge >= 0.3 is 5.97 Å². The number of Topliss-reactive ketones (excluding diaryl/α,β-unsaturated/α-hetero) is 1. The summed E-state index contributed by atoms with van der Waals surface area (Å²) in [6.45, 7) is 0.833. The van der Waals surface area contributed by atoms with Gasteiger partial charge in [0.2, 0.25) is 0 Å². The van der Waals surface area contributed by atoms with Crippen molar-refractivity contribution in [2.45, 2.75) is 6.42 Å². The fourth-order valence-corrected chi connectivity index (χ4v) is 1.00. The predicted octanol–water partition coefficient (Wildman–Crippen LogP) is -0.750. The fraction of sp³-hybridized carbons (Fsp3) is 0.667. The highest BCUT2D eigenvalue weighted by Crippen LogP contribution is 2.07. The Bertz CT molecular complexity index is 166. The van der Waals surface area contributed by atoms with Gasteiger partial charge in [0.25, 0.3) is 0 Å². The van der Waals surface area contributed by atoms with Gasteiger partial charge in [0.1, 0.15) is 5.92 Å². The summed E-state index contributed by atoms with van der Waals surface area (Å²) in [7, 11) is 0. The van der Waals surface area contributed by atoms with E-state index in [9.17, 15) is 9.59 Å². The fourth-order valence-electron chi connectivity index (χ4n) is 1.00. The minimum Gasteiger partial charge on any atom is -0.481 e. The van der Waals surface area contributed by atoms with Crippen molar-refractivity contribution in [2.24, 2.45) is 5.92 Å². The maximum absolute atomic E-state index is 10.8. The van der Waals surface area contributed by atoms with Gasteiger partial charge < -0.3 is 10.4 Å². The number of carbonyl (C=O) groups is 2. The van der Waals surface area contributed by atoms with E-state index >= 15 is 0 Å². The van der Waals surface area contributed by atoms with Crippen molar-refractivity contribution in [1.82, 2.24) is 5.32 Å². The third-order valence-corrected chi connectivity index (χ3v) is 1.60. The molecule has 4 nitrogen and oxygen atoms in total. The number of hydrogen-bond acceptors (Lipinski definition) is 3. The van der Waals surface area contributed by atoms with Crippen LogP contribution in [0.5, 0.6) is 0 Å². The first-order valence-corrected chi connectivity index (χ1v) is 3.18. The first-order chi connectivity index (χ1) is 4.72. The zero-order valence-corrected chi connectivity index (χ0v) is 5.46. The van der Waals surface area contributed by atoms with E-state index in [4.69, 9.17) is 5.11 Å². The summed E-state index contributed by atoms with van der Waals surface area (Å²) in [5, 5.41) is 11.3. The van der Waals surface area contributed by atoms with Crippen LogP contribution >= 0.6 is 0 Å². The summed E-state index contributed by atoms with van der Waals surface area (Å²) >= 11 is 0. The number of ketones is 1. The van der Waals surface area contributed by atoms with Gasteiger partial charge in [0.15, 0.2) is 5.78 Å². The summed E-state index contributed by atoms with van der Waals surface area (Å²) in [4.78, 5) is 21.1. The Morgan fingerprint density at radius 3 is 2.80 bits per heavy atom. The third-order valence-electron chi connectivity index (χ3n) is 1.60. The third kappa shape index (κ3) is 1.33. The first-order valence-electron chi connectivity index (χ1n) is 3.18. The molecule has 0 aromatic rings. The molecule has 1 unspecified atom stereocenters. The van der Waals surface area contributed by atoms with Crippen molar-refractivity contribution >= 4 is 11.8 Å². The maximum atomic E-state index is 10.8. The lowest BCUT2D eigenvalue weighted by Gasteiger charge is -2.16. The average Bonchev–Trinajstić information content (AvgIpc) is 1.88. The SMILES string of the molecule is O=C(O)C1CCNCC1=O. The Hall–Kier alpha value is -0.900. The second kappa shape index (κ2) is 2.79. The maximum Gasteiger partial charge on any atom is 0.314 e. The molecule has 0 aliphatic carbocycles. The van der Waals surface area contributed by atoms with Crippen LogP contribution in [0.3, 0.4) is 0 Å². The van der Waals surface area contributed by atoms with Crippen LogP contribution < -0.4 is 5.32 Å². The van der Waals surface area contributed by atoms with Gasteiger partial charge in [-0.15, -0.1) is 0 Å². The largest absolute Gasteiger partial charge is 0.481 e. The van der Waals surface area contributed by atoms with E-state index in [1.54, 1.807) is 0 Å². The lowest BCUT2D eigenvalue weighted by Crippen LogP contribution is -2.40. The van der Waals surface area contributed by atoms with E-state index in [2.05, 4.69) is 5.32 Å². The zero-order valence-electron chi connectivity index (χ0n) is 5.46. The molecule has 1 atom stereocenters. The smallest absolute Gasteiger partial charge is 0.314 e. The molecule has 0 bridgehead atoms. The van der Waals surface area contributed by atoms with Crippen LogP contribution in [0.2, 0.25) is 0 Å². The molecule has 4 heteroatoms. The Morgan fingerprint density at radius 2 is 2.40 bits per heavy atom. The molecule has 1 saturated heterocycles. The van der Waals surface area contributed by atoms with Crippen LogP contribution in [0.25, 0.3) is 0 Å². The van der Waals surface area contributed by atoms with Gasteiger partial charge in [0.05, 0.1) is 6.54 Å². The number of carboxylic acid groups (broad SMARTS) is 1. The number of carbonyl (C=O) groups excluding carboxylic acids is 1. The quantitative estimate of drug-likeness (QED) is 0.474. The monoisotopic (exact) mass is 143 g/mol. The molecule has 0 aromatic carbocycles. The second-order valence-electron chi connectivity index (χ2n) is 2.32. The van der Waals surface area contributed by atoms with Crippen molar-refractivity contribution in [2.75, 3.05) is 13.1 Å². The molecule has 2 N–H and O–H groups in total. The van der Waals surface area contributed by atoms with E-state index in [1.165, 1.54) is 0 Å². The number of rotatable bonds is 1.